The Balaban J connectivity index is 1.59. The van der Waals surface area contributed by atoms with Crippen molar-refractivity contribution in [3.63, 3.8) is 0 Å². The number of rotatable bonds is 4. The third-order valence-electron chi connectivity index (χ3n) is 5.90. The molecule has 1 aliphatic carbocycles. The standard InChI is InChI=1S/C23H23BrFN3O2/c1-15-9-11-23(12-10-15)27-21(16-5-3-2-4-6-16)22(30)28(23)14-20(29)26-19-8-7-17(24)13-18(19)25/h2-8,13,15H,9-12,14H2,1H3,(H,26,29). The number of aliphatic imine (C=N–C) groups is 1. The zero-order valence-corrected chi connectivity index (χ0v) is 18.3. The van der Waals surface area contributed by atoms with E-state index in [2.05, 4.69) is 28.2 Å². The lowest BCUT2D eigenvalue weighted by Crippen LogP contribution is -2.51. The molecule has 0 unspecified atom stereocenters. The van der Waals surface area contributed by atoms with Crippen LogP contribution in [-0.2, 0) is 9.59 Å². The lowest BCUT2D eigenvalue weighted by Gasteiger charge is -2.40. The lowest BCUT2D eigenvalue weighted by atomic mass is 9.82. The first-order chi connectivity index (χ1) is 14.4. The van der Waals surface area contributed by atoms with Crippen LogP contribution >= 0.6 is 15.9 Å². The van der Waals surface area contributed by atoms with E-state index in [1.165, 1.54) is 12.1 Å². The first kappa shape index (κ1) is 20.7. The second kappa shape index (κ2) is 8.30. The van der Waals surface area contributed by atoms with Crippen molar-refractivity contribution in [2.45, 2.75) is 38.3 Å². The number of amides is 2. The molecule has 5 nitrogen and oxygen atoms in total. The Hall–Kier alpha value is -2.54. The second-order valence-corrected chi connectivity index (χ2v) is 8.97. The fourth-order valence-corrected chi connectivity index (χ4v) is 4.50. The van der Waals surface area contributed by atoms with Gasteiger partial charge in [0.05, 0.1) is 5.69 Å². The average Bonchev–Trinajstić information content (AvgIpc) is 2.99. The number of halogens is 2. The van der Waals surface area contributed by atoms with Crippen LogP contribution in [-0.4, -0.2) is 34.6 Å². The number of carbonyl (C=O) groups is 2. The van der Waals surface area contributed by atoms with Crippen LogP contribution in [0, 0.1) is 11.7 Å². The van der Waals surface area contributed by atoms with Crippen LogP contribution in [0.15, 0.2) is 58.0 Å². The van der Waals surface area contributed by atoms with E-state index in [1.807, 2.05) is 30.3 Å². The summed E-state index contributed by atoms with van der Waals surface area (Å²) in [5, 5.41) is 2.59. The summed E-state index contributed by atoms with van der Waals surface area (Å²) in [6, 6.07) is 13.8. The molecule has 2 aliphatic rings. The monoisotopic (exact) mass is 471 g/mol. The molecule has 1 heterocycles. The topological polar surface area (TPSA) is 61.8 Å². The molecule has 2 aromatic carbocycles. The Kier molecular flexibility index (Phi) is 5.73. The van der Waals surface area contributed by atoms with Crippen LogP contribution in [0.2, 0.25) is 0 Å². The molecular weight excluding hydrogens is 449 g/mol. The van der Waals surface area contributed by atoms with Crippen molar-refractivity contribution in [3.8, 4) is 0 Å². The van der Waals surface area contributed by atoms with Gasteiger partial charge in [0.1, 0.15) is 23.7 Å². The van der Waals surface area contributed by atoms with E-state index in [9.17, 15) is 14.0 Å². The zero-order chi connectivity index (χ0) is 21.3. The predicted octanol–water partition coefficient (Wildman–Crippen LogP) is 4.76. The molecule has 0 aromatic heterocycles. The summed E-state index contributed by atoms with van der Waals surface area (Å²) in [5.74, 6) is -0.656. The van der Waals surface area contributed by atoms with Gasteiger partial charge in [-0.1, -0.05) is 53.2 Å². The highest BCUT2D eigenvalue weighted by atomic mass is 79.9. The second-order valence-electron chi connectivity index (χ2n) is 8.06. The van der Waals surface area contributed by atoms with E-state index < -0.39 is 17.4 Å². The maximum absolute atomic E-state index is 14.1. The van der Waals surface area contributed by atoms with Gasteiger partial charge >= 0.3 is 0 Å². The van der Waals surface area contributed by atoms with Gasteiger partial charge < -0.3 is 10.2 Å². The Morgan fingerprint density at radius 3 is 2.60 bits per heavy atom. The fraction of sp³-hybridized carbons (Fsp3) is 0.348. The summed E-state index contributed by atoms with van der Waals surface area (Å²) in [7, 11) is 0. The van der Waals surface area contributed by atoms with Crippen molar-refractivity contribution in [1.82, 2.24) is 4.90 Å². The van der Waals surface area contributed by atoms with E-state index in [0.29, 0.717) is 16.1 Å². The number of benzene rings is 2. The smallest absolute Gasteiger partial charge is 0.275 e. The van der Waals surface area contributed by atoms with Gasteiger partial charge in [-0.05, 0) is 49.8 Å². The molecule has 1 aliphatic heterocycles. The summed E-state index contributed by atoms with van der Waals surface area (Å²) >= 11 is 3.20. The van der Waals surface area contributed by atoms with Crippen LogP contribution in [0.25, 0.3) is 0 Å². The van der Waals surface area contributed by atoms with Crippen molar-refractivity contribution >= 4 is 39.1 Å². The first-order valence-electron chi connectivity index (χ1n) is 10.1. The van der Waals surface area contributed by atoms with Gasteiger partial charge in [-0.2, -0.15) is 0 Å². The molecule has 0 bridgehead atoms. The molecule has 1 spiro atoms. The molecule has 4 rings (SSSR count). The number of nitrogens with zero attached hydrogens (tertiary/aromatic N) is 2. The number of carbonyl (C=O) groups excluding carboxylic acids is 2. The van der Waals surface area contributed by atoms with Gasteiger partial charge in [-0.25, -0.2) is 4.39 Å². The average molecular weight is 472 g/mol. The van der Waals surface area contributed by atoms with Gasteiger partial charge in [0.15, 0.2) is 0 Å². The quantitative estimate of drug-likeness (QED) is 0.698. The van der Waals surface area contributed by atoms with Crippen molar-refractivity contribution < 1.29 is 14.0 Å². The van der Waals surface area contributed by atoms with E-state index in [-0.39, 0.29) is 18.1 Å². The molecule has 0 atom stereocenters. The normalized spacial score (nSPS) is 23.6. The van der Waals surface area contributed by atoms with Crippen LogP contribution < -0.4 is 5.32 Å². The van der Waals surface area contributed by atoms with Gasteiger partial charge in [0, 0.05) is 10.0 Å². The molecular formula is C23H23BrFN3O2. The molecule has 0 saturated heterocycles. The maximum Gasteiger partial charge on any atom is 0.275 e. The highest BCUT2D eigenvalue weighted by Crippen LogP contribution is 2.41. The Bertz CT molecular complexity index is 1000. The van der Waals surface area contributed by atoms with Crippen molar-refractivity contribution in [3.05, 3.63) is 64.4 Å². The molecule has 30 heavy (non-hydrogen) atoms. The predicted molar refractivity (Wildman–Crippen MR) is 118 cm³/mol. The molecule has 7 heteroatoms. The van der Waals surface area contributed by atoms with Crippen LogP contribution in [0.5, 0.6) is 0 Å². The summed E-state index contributed by atoms with van der Waals surface area (Å²) < 4.78 is 14.7. The Morgan fingerprint density at radius 2 is 1.93 bits per heavy atom. The summed E-state index contributed by atoms with van der Waals surface area (Å²) in [4.78, 5) is 32.5. The van der Waals surface area contributed by atoms with Crippen molar-refractivity contribution in [2.24, 2.45) is 10.9 Å². The molecule has 2 aromatic rings. The van der Waals surface area contributed by atoms with Gasteiger partial charge in [-0.15, -0.1) is 0 Å². The van der Waals surface area contributed by atoms with Crippen molar-refractivity contribution in [2.75, 3.05) is 11.9 Å². The summed E-state index contributed by atoms with van der Waals surface area (Å²) in [6.45, 7) is 2.03. The van der Waals surface area contributed by atoms with Gasteiger partial charge in [0.2, 0.25) is 5.91 Å². The molecule has 1 fully saturated rings. The van der Waals surface area contributed by atoms with E-state index in [1.54, 1.807) is 11.0 Å². The fourth-order valence-electron chi connectivity index (χ4n) is 4.17. The minimum absolute atomic E-state index is 0.0883. The number of hydrogen-bond donors (Lipinski definition) is 1. The number of anilines is 1. The molecule has 0 radical (unpaired) electrons. The SMILES string of the molecule is CC1CCC2(CC1)N=C(c1ccccc1)C(=O)N2CC(=O)Nc1ccc(Br)cc1F. The molecule has 1 saturated carbocycles. The zero-order valence-electron chi connectivity index (χ0n) is 16.7. The van der Waals surface area contributed by atoms with E-state index >= 15 is 0 Å². The van der Waals surface area contributed by atoms with Crippen LogP contribution in [0.3, 0.4) is 0 Å². The lowest BCUT2D eigenvalue weighted by molar-refractivity contribution is -0.134. The highest BCUT2D eigenvalue weighted by molar-refractivity contribution is 9.10. The van der Waals surface area contributed by atoms with E-state index in [4.69, 9.17) is 4.99 Å². The molecule has 2 amide bonds. The first-order valence-corrected chi connectivity index (χ1v) is 10.9. The van der Waals surface area contributed by atoms with E-state index in [0.717, 1.165) is 31.2 Å². The minimum Gasteiger partial charge on any atom is -0.322 e. The minimum atomic E-state index is -0.704. The van der Waals surface area contributed by atoms with Gasteiger partial charge in [-0.3, -0.25) is 14.6 Å². The van der Waals surface area contributed by atoms with Crippen LogP contribution in [0.1, 0.15) is 38.2 Å². The maximum atomic E-state index is 14.1. The van der Waals surface area contributed by atoms with Crippen molar-refractivity contribution in [1.29, 1.82) is 0 Å². The molecule has 156 valence electrons. The summed E-state index contributed by atoms with van der Waals surface area (Å²) in [5.41, 5.74) is 0.533. The van der Waals surface area contributed by atoms with Crippen LogP contribution in [0.4, 0.5) is 10.1 Å². The summed E-state index contributed by atoms with van der Waals surface area (Å²) in [6.07, 6.45) is 3.32. The molecule has 1 N–H and O–H groups in total. The third-order valence-corrected chi connectivity index (χ3v) is 6.39. The Labute approximate surface area is 183 Å². The highest BCUT2D eigenvalue weighted by Gasteiger charge is 2.49. The number of hydrogen-bond acceptors (Lipinski definition) is 3. The third kappa shape index (κ3) is 4.03. The van der Waals surface area contributed by atoms with Gasteiger partial charge in [0.25, 0.3) is 5.91 Å². The Morgan fingerprint density at radius 1 is 1.23 bits per heavy atom. The number of nitrogens with one attached hydrogen (secondary N) is 1. The largest absolute Gasteiger partial charge is 0.322 e.